The van der Waals surface area contributed by atoms with Crippen LogP contribution < -0.4 is 21.7 Å². The fraction of sp³-hybridized carbons (Fsp3) is 0.590. The Kier molecular flexibility index (Phi) is 14.2. The van der Waals surface area contributed by atoms with Gasteiger partial charge in [0.25, 0.3) is 5.91 Å². The van der Waals surface area contributed by atoms with Crippen LogP contribution in [-0.4, -0.2) is 125 Å². The van der Waals surface area contributed by atoms with E-state index in [1.165, 1.54) is 35.0 Å². The summed E-state index contributed by atoms with van der Waals surface area (Å²) in [7, 11) is 1.21. The van der Waals surface area contributed by atoms with Gasteiger partial charge in [0.2, 0.25) is 35.4 Å². The van der Waals surface area contributed by atoms with Crippen molar-refractivity contribution in [2.75, 3.05) is 33.3 Å². The Morgan fingerprint density at radius 1 is 0.857 bits per heavy atom. The number of amides is 6. The van der Waals surface area contributed by atoms with Crippen LogP contribution in [0, 0.1) is 5.92 Å². The maximum absolute atomic E-state index is 13.7. The first-order valence-corrected chi connectivity index (χ1v) is 19.5. The maximum Gasteiger partial charge on any atom is 0.325 e. The molecule has 0 bridgehead atoms. The highest BCUT2D eigenvalue weighted by molar-refractivity contribution is 5.98. The molecular weight excluding hydrogens is 724 g/mol. The number of hydrogen-bond donors (Lipinski definition) is 4. The number of nitrogens with one attached hydrogen (secondary N) is 3. The second kappa shape index (κ2) is 19.0. The number of carbonyl (C=O) groups excluding carboxylic acids is 7. The lowest BCUT2D eigenvalue weighted by atomic mass is 9.98. The van der Waals surface area contributed by atoms with Crippen molar-refractivity contribution in [3.05, 3.63) is 53.7 Å². The number of rotatable bonds is 15. The molecule has 0 saturated carbocycles. The van der Waals surface area contributed by atoms with Crippen molar-refractivity contribution in [3.63, 3.8) is 0 Å². The van der Waals surface area contributed by atoms with Crippen LogP contribution in [0.4, 0.5) is 0 Å². The van der Waals surface area contributed by atoms with Crippen molar-refractivity contribution in [1.29, 1.82) is 0 Å². The molecule has 3 aliphatic rings. The number of nitrogens with two attached hydrogens (primary N) is 1. The van der Waals surface area contributed by atoms with Crippen LogP contribution in [0.25, 0.3) is 0 Å². The Balaban J connectivity index is 1.19. The third kappa shape index (κ3) is 9.72. The molecule has 0 unspecified atom stereocenters. The lowest BCUT2D eigenvalue weighted by Crippen LogP contribution is -2.55. The van der Waals surface area contributed by atoms with Gasteiger partial charge in [0.1, 0.15) is 43.0 Å². The van der Waals surface area contributed by atoms with E-state index in [0.29, 0.717) is 71.0 Å². The van der Waals surface area contributed by atoms with Crippen molar-refractivity contribution in [3.8, 4) is 0 Å². The predicted octanol–water partition coefficient (Wildman–Crippen LogP) is 0.829. The Morgan fingerprint density at radius 2 is 1.46 bits per heavy atom. The van der Waals surface area contributed by atoms with Gasteiger partial charge in [0, 0.05) is 19.6 Å². The predicted molar refractivity (Wildman–Crippen MR) is 201 cm³/mol. The van der Waals surface area contributed by atoms with Gasteiger partial charge in [-0.15, -0.1) is 0 Å². The van der Waals surface area contributed by atoms with E-state index in [9.17, 15) is 33.6 Å². The lowest BCUT2D eigenvalue weighted by Gasteiger charge is -2.32. The molecule has 5 N–H and O–H groups in total. The van der Waals surface area contributed by atoms with E-state index in [1.54, 1.807) is 0 Å². The number of esters is 1. The minimum absolute atomic E-state index is 0.0984. The van der Waals surface area contributed by atoms with E-state index in [0.717, 1.165) is 5.56 Å². The summed E-state index contributed by atoms with van der Waals surface area (Å²) in [6.45, 7) is 6.11. The van der Waals surface area contributed by atoms with Crippen molar-refractivity contribution >= 4 is 41.4 Å². The summed E-state index contributed by atoms with van der Waals surface area (Å²) >= 11 is 0. The van der Waals surface area contributed by atoms with Crippen LogP contribution in [0.15, 0.2) is 41.0 Å². The van der Waals surface area contributed by atoms with Gasteiger partial charge in [0.05, 0.1) is 13.2 Å². The zero-order chi connectivity index (χ0) is 40.5. The Morgan fingerprint density at radius 3 is 2.11 bits per heavy atom. The first-order chi connectivity index (χ1) is 26.8. The fourth-order valence-corrected chi connectivity index (χ4v) is 7.65. The van der Waals surface area contributed by atoms with Crippen LogP contribution in [0.5, 0.6) is 0 Å². The molecule has 3 aliphatic heterocycles. The van der Waals surface area contributed by atoms with E-state index >= 15 is 0 Å². The number of likely N-dealkylation sites (tertiary alicyclic amines) is 3. The lowest BCUT2D eigenvalue weighted by molar-refractivity contribution is -0.147. The molecule has 3 saturated heterocycles. The van der Waals surface area contributed by atoms with Gasteiger partial charge >= 0.3 is 5.97 Å². The topological polar surface area (TPSA) is 227 Å². The van der Waals surface area contributed by atoms with E-state index in [-0.39, 0.29) is 41.8 Å². The van der Waals surface area contributed by atoms with Crippen LogP contribution in [0.3, 0.4) is 0 Å². The third-order valence-corrected chi connectivity index (χ3v) is 11.0. The van der Waals surface area contributed by atoms with Crippen LogP contribution in [0.1, 0.15) is 93.7 Å². The van der Waals surface area contributed by atoms with E-state index in [1.807, 2.05) is 44.2 Å². The fourth-order valence-electron chi connectivity index (χ4n) is 7.65. The second-order valence-electron chi connectivity index (χ2n) is 14.8. The summed E-state index contributed by atoms with van der Waals surface area (Å²) in [4.78, 5) is 101. The zero-order valence-corrected chi connectivity index (χ0v) is 32.5. The highest BCUT2D eigenvalue weighted by Crippen LogP contribution is 2.28. The van der Waals surface area contributed by atoms with Gasteiger partial charge in [0.15, 0.2) is 5.69 Å². The van der Waals surface area contributed by atoms with Gasteiger partial charge in [-0.1, -0.05) is 50.6 Å². The molecule has 2 aromatic rings. The molecule has 1 aromatic heterocycles. The third-order valence-electron chi connectivity index (χ3n) is 11.0. The number of benzene rings is 1. The Bertz CT molecular complexity index is 1750. The maximum atomic E-state index is 13.7. The molecule has 4 heterocycles. The standard InChI is InChI=1S/C39H54N8O9/c1-5-23(2)32(44-35(51)29-15-10-17-45(29)38(53)26(40)20-25-12-7-6-8-13-25)36-43-27(22-56-36)33(49)42-24(3)37(52)47-19-11-16-30(47)39(54)46-18-9-14-28(46)34(50)41-21-31(48)55-4/h6-8,12-13,22-24,26,28-30,32H,5,9-11,14-21,40H2,1-4H3,(H,41,50)(H,42,49)(H,44,51)/t23-,24-,26-,28-,29-,30-,32-/m0/s1. The molecule has 304 valence electrons. The molecule has 56 heavy (non-hydrogen) atoms. The summed E-state index contributed by atoms with van der Waals surface area (Å²) in [5.74, 6) is -3.29. The summed E-state index contributed by atoms with van der Waals surface area (Å²) in [6.07, 6.45) is 5.27. The molecule has 0 aliphatic carbocycles. The molecule has 0 spiro atoms. The molecule has 6 amide bonds. The smallest absolute Gasteiger partial charge is 0.325 e. The molecule has 17 nitrogen and oxygen atoms in total. The number of nitrogens with zero attached hydrogens (tertiary/aromatic N) is 4. The van der Waals surface area contributed by atoms with Crippen LogP contribution in [0.2, 0.25) is 0 Å². The van der Waals surface area contributed by atoms with Gasteiger partial charge in [-0.25, -0.2) is 4.98 Å². The summed E-state index contributed by atoms with van der Waals surface area (Å²) in [5, 5.41) is 8.18. The van der Waals surface area contributed by atoms with Crippen molar-refractivity contribution in [2.24, 2.45) is 11.7 Å². The second-order valence-corrected chi connectivity index (χ2v) is 14.8. The number of ether oxygens (including phenoxy) is 1. The first kappa shape index (κ1) is 41.8. The average Bonchev–Trinajstić information content (AvgIpc) is 4.05. The van der Waals surface area contributed by atoms with E-state index in [4.69, 9.17) is 10.2 Å². The van der Waals surface area contributed by atoms with Crippen molar-refractivity contribution in [1.82, 2.24) is 35.6 Å². The minimum Gasteiger partial charge on any atom is -0.468 e. The van der Waals surface area contributed by atoms with Crippen LogP contribution >= 0.6 is 0 Å². The van der Waals surface area contributed by atoms with Crippen molar-refractivity contribution in [2.45, 2.75) is 108 Å². The highest BCUT2D eigenvalue weighted by Gasteiger charge is 2.43. The molecule has 17 heteroatoms. The molecule has 7 atom stereocenters. The number of carbonyl (C=O) groups is 7. The molecule has 0 radical (unpaired) electrons. The Hall–Kier alpha value is -5.32. The quantitative estimate of drug-likeness (QED) is 0.185. The minimum atomic E-state index is -1.03. The number of aromatic nitrogens is 1. The molecular formula is C39H54N8O9. The van der Waals surface area contributed by atoms with Gasteiger partial charge in [-0.2, -0.15) is 0 Å². The largest absolute Gasteiger partial charge is 0.468 e. The molecule has 5 rings (SSSR count). The van der Waals surface area contributed by atoms with E-state index < -0.39 is 59.9 Å². The summed E-state index contributed by atoms with van der Waals surface area (Å²) < 4.78 is 10.3. The number of oxazole rings is 1. The van der Waals surface area contributed by atoms with E-state index in [2.05, 4.69) is 25.7 Å². The zero-order valence-electron chi connectivity index (χ0n) is 32.5. The monoisotopic (exact) mass is 778 g/mol. The van der Waals surface area contributed by atoms with Crippen molar-refractivity contribution < 1.29 is 42.7 Å². The number of methoxy groups -OCH3 is 1. The first-order valence-electron chi connectivity index (χ1n) is 19.5. The van der Waals surface area contributed by atoms with Gasteiger partial charge < -0.3 is 45.5 Å². The SMILES string of the molecule is CC[C@H](C)[C@H](NC(=O)[C@@H]1CCCN1C(=O)[C@@H](N)Cc1ccccc1)c1nc(C(=O)N[C@@H](C)C(=O)N2CCC[C@H]2C(=O)N2CCC[C@H]2C(=O)NCC(=O)OC)co1. The number of hydrogen-bond acceptors (Lipinski definition) is 11. The van der Waals surface area contributed by atoms with Gasteiger partial charge in [-0.05, 0) is 63.4 Å². The molecule has 3 fully saturated rings. The molecule has 1 aromatic carbocycles. The normalized spacial score (nSPS) is 21.5. The summed E-state index contributed by atoms with van der Waals surface area (Å²) in [5.41, 5.74) is 7.13. The van der Waals surface area contributed by atoms with Crippen LogP contribution in [-0.2, 0) is 39.9 Å². The van der Waals surface area contributed by atoms with Gasteiger partial charge in [-0.3, -0.25) is 33.6 Å². The highest BCUT2D eigenvalue weighted by atomic mass is 16.5. The summed E-state index contributed by atoms with van der Waals surface area (Å²) in [6, 6.07) is 4.63. The Labute approximate surface area is 326 Å². The average molecular weight is 779 g/mol.